The summed E-state index contributed by atoms with van der Waals surface area (Å²) in [6.45, 7) is 4.54. The lowest BCUT2D eigenvalue weighted by atomic mass is 10.1. The number of anilines is 1. The average Bonchev–Trinajstić information content (AvgIpc) is 3.04. The van der Waals surface area contributed by atoms with E-state index in [9.17, 15) is 9.59 Å². The first kappa shape index (κ1) is 17.2. The van der Waals surface area contributed by atoms with Gasteiger partial charge in [-0.05, 0) is 30.5 Å². The van der Waals surface area contributed by atoms with E-state index in [1.807, 2.05) is 66.4 Å². The van der Waals surface area contributed by atoms with Crippen molar-refractivity contribution in [1.82, 2.24) is 4.90 Å². The third-order valence-corrected chi connectivity index (χ3v) is 4.93. The summed E-state index contributed by atoms with van der Waals surface area (Å²) in [4.78, 5) is 26.9. The molecule has 1 aliphatic heterocycles. The van der Waals surface area contributed by atoms with E-state index < -0.39 is 0 Å². The third kappa shape index (κ3) is 3.73. The molecule has 2 amide bonds. The minimum absolute atomic E-state index is 0.0190. The van der Waals surface area contributed by atoms with E-state index in [2.05, 4.69) is 12.2 Å². The lowest BCUT2D eigenvalue weighted by Crippen LogP contribution is -2.30. The molecule has 2 aromatic rings. The van der Waals surface area contributed by atoms with Gasteiger partial charge in [0.15, 0.2) is 0 Å². The van der Waals surface area contributed by atoms with Crippen LogP contribution in [0.4, 0.5) is 5.69 Å². The molecule has 0 bridgehead atoms. The van der Waals surface area contributed by atoms with Crippen molar-refractivity contribution < 1.29 is 9.59 Å². The van der Waals surface area contributed by atoms with Crippen molar-refractivity contribution in [2.45, 2.75) is 32.7 Å². The highest BCUT2D eigenvalue weighted by molar-refractivity contribution is 5.97. The van der Waals surface area contributed by atoms with Crippen LogP contribution in [0.1, 0.15) is 37.4 Å². The molecule has 1 saturated heterocycles. The number of rotatable bonds is 5. The minimum atomic E-state index is -0.302. The molecule has 1 aliphatic rings. The van der Waals surface area contributed by atoms with E-state index in [0.29, 0.717) is 6.54 Å². The van der Waals surface area contributed by atoms with Gasteiger partial charge in [-0.2, -0.15) is 0 Å². The molecular formula is C21H24N2O2. The average molecular weight is 336 g/mol. The van der Waals surface area contributed by atoms with Crippen LogP contribution in [0.2, 0.25) is 0 Å². The summed E-state index contributed by atoms with van der Waals surface area (Å²) in [6.07, 6.45) is 1.13. The smallest absolute Gasteiger partial charge is 0.229 e. The molecule has 0 radical (unpaired) electrons. The number of carbonyl (C=O) groups excluding carboxylic acids is 2. The van der Waals surface area contributed by atoms with Crippen LogP contribution in [0.15, 0.2) is 54.6 Å². The number of nitrogens with zero attached hydrogens (tertiary/aromatic N) is 1. The zero-order chi connectivity index (χ0) is 17.8. The van der Waals surface area contributed by atoms with Gasteiger partial charge in [-0.3, -0.25) is 9.59 Å². The van der Waals surface area contributed by atoms with Gasteiger partial charge in [0, 0.05) is 18.7 Å². The summed E-state index contributed by atoms with van der Waals surface area (Å²) in [5, 5.41) is 3.01. The monoisotopic (exact) mass is 336 g/mol. The highest BCUT2D eigenvalue weighted by Crippen LogP contribution is 2.29. The molecule has 3 rings (SSSR count). The zero-order valence-electron chi connectivity index (χ0n) is 14.7. The third-order valence-electron chi connectivity index (χ3n) is 4.93. The fourth-order valence-electron chi connectivity index (χ4n) is 3.38. The molecule has 0 aromatic heterocycles. The molecule has 4 heteroatoms. The van der Waals surface area contributed by atoms with Crippen molar-refractivity contribution in [3.63, 3.8) is 0 Å². The summed E-state index contributed by atoms with van der Waals surface area (Å²) in [5.41, 5.74) is 3.04. The molecule has 25 heavy (non-hydrogen) atoms. The number of para-hydroxylation sites is 1. The second kappa shape index (κ2) is 7.51. The van der Waals surface area contributed by atoms with Gasteiger partial charge in [0.05, 0.1) is 12.0 Å². The highest BCUT2D eigenvalue weighted by Gasteiger charge is 2.37. The maximum atomic E-state index is 12.6. The van der Waals surface area contributed by atoms with Crippen molar-refractivity contribution in [1.29, 1.82) is 0 Å². The summed E-state index contributed by atoms with van der Waals surface area (Å²) in [5.74, 6) is -0.333. The highest BCUT2D eigenvalue weighted by atomic mass is 16.2. The summed E-state index contributed by atoms with van der Waals surface area (Å²) >= 11 is 0. The molecule has 0 spiro atoms. The van der Waals surface area contributed by atoms with Crippen molar-refractivity contribution in [2.75, 3.05) is 11.9 Å². The Kier molecular flexibility index (Phi) is 5.17. The largest absolute Gasteiger partial charge is 0.335 e. The zero-order valence-corrected chi connectivity index (χ0v) is 14.7. The van der Waals surface area contributed by atoms with Crippen molar-refractivity contribution >= 4 is 17.5 Å². The molecule has 1 fully saturated rings. The first-order valence-electron chi connectivity index (χ1n) is 8.83. The van der Waals surface area contributed by atoms with E-state index in [-0.39, 0.29) is 30.2 Å². The molecule has 130 valence electrons. The quantitative estimate of drug-likeness (QED) is 0.903. The Hall–Kier alpha value is -2.62. The molecule has 0 saturated carbocycles. The number of carbonyl (C=O) groups is 2. The number of benzene rings is 2. The van der Waals surface area contributed by atoms with Crippen LogP contribution in [0, 0.1) is 5.92 Å². The lowest BCUT2D eigenvalue weighted by molar-refractivity contribution is -0.129. The van der Waals surface area contributed by atoms with Gasteiger partial charge in [0.25, 0.3) is 0 Å². The Labute approximate surface area is 148 Å². The number of nitrogens with one attached hydrogen (secondary N) is 1. The summed E-state index contributed by atoms with van der Waals surface area (Å²) in [6, 6.07) is 17.7. The number of amides is 2. The van der Waals surface area contributed by atoms with Gasteiger partial charge >= 0.3 is 0 Å². The van der Waals surface area contributed by atoms with Crippen LogP contribution in [0.25, 0.3) is 0 Å². The van der Waals surface area contributed by atoms with Gasteiger partial charge in [-0.15, -0.1) is 0 Å². The Morgan fingerprint density at radius 1 is 1.16 bits per heavy atom. The number of hydrogen-bond donors (Lipinski definition) is 1. The van der Waals surface area contributed by atoms with Crippen LogP contribution in [-0.2, 0) is 16.0 Å². The molecule has 0 aliphatic carbocycles. The van der Waals surface area contributed by atoms with Crippen molar-refractivity contribution in [2.24, 2.45) is 5.92 Å². The molecule has 1 N–H and O–H groups in total. The second-order valence-electron chi connectivity index (χ2n) is 6.53. The van der Waals surface area contributed by atoms with Crippen LogP contribution in [0.3, 0.4) is 0 Å². The predicted molar refractivity (Wildman–Crippen MR) is 99.1 cm³/mol. The Morgan fingerprint density at radius 2 is 1.84 bits per heavy atom. The van der Waals surface area contributed by atoms with E-state index in [4.69, 9.17) is 0 Å². The Morgan fingerprint density at radius 3 is 2.56 bits per heavy atom. The second-order valence-corrected chi connectivity index (χ2v) is 6.53. The summed E-state index contributed by atoms with van der Waals surface area (Å²) in [7, 11) is 0. The maximum Gasteiger partial charge on any atom is 0.229 e. The number of likely N-dealkylation sites (tertiary alicyclic amines) is 1. The molecule has 1 heterocycles. The molecular weight excluding hydrogens is 312 g/mol. The first-order chi connectivity index (χ1) is 12.1. The predicted octanol–water partition coefficient (Wildman–Crippen LogP) is 3.80. The first-order valence-corrected chi connectivity index (χ1v) is 8.83. The standard InChI is InChI=1S/C21H24N2O2/c1-3-16-9-7-8-12-19(16)22-21(25)18-13-20(24)23(14-18)15(2)17-10-5-4-6-11-17/h4-12,15,18H,3,13-14H2,1-2H3,(H,22,25)/t15-,18-/m0/s1. The van der Waals surface area contributed by atoms with Gasteiger partial charge in [-0.25, -0.2) is 0 Å². The van der Waals surface area contributed by atoms with E-state index >= 15 is 0 Å². The molecule has 4 nitrogen and oxygen atoms in total. The van der Waals surface area contributed by atoms with Gasteiger partial charge < -0.3 is 10.2 Å². The van der Waals surface area contributed by atoms with Crippen molar-refractivity contribution in [3.8, 4) is 0 Å². The SMILES string of the molecule is CCc1ccccc1NC(=O)[C@H]1CC(=O)N([C@@H](C)c2ccccc2)C1. The molecule has 2 atom stereocenters. The van der Waals surface area contributed by atoms with Gasteiger partial charge in [0.1, 0.15) is 0 Å². The van der Waals surface area contributed by atoms with Crippen LogP contribution in [0.5, 0.6) is 0 Å². The fourth-order valence-corrected chi connectivity index (χ4v) is 3.38. The Bertz CT molecular complexity index is 758. The minimum Gasteiger partial charge on any atom is -0.335 e. The van der Waals surface area contributed by atoms with Gasteiger partial charge in [-0.1, -0.05) is 55.5 Å². The van der Waals surface area contributed by atoms with E-state index in [1.165, 1.54) is 0 Å². The topological polar surface area (TPSA) is 49.4 Å². The normalized spacial score (nSPS) is 18.2. The molecule has 0 unspecified atom stereocenters. The van der Waals surface area contributed by atoms with Crippen LogP contribution in [-0.4, -0.2) is 23.3 Å². The van der Waals surface area contributed by atoms with Crippen molar-refractivity contribution in [3.05, 3.63) is 65.7 Å². The fraction of sp³-hybridized carbons (Fsp3) is 0.333. The maximum absolute atomic E-state index is 12.6. The van der Waals surface area contributed by atoms with Crippen LogP contribution < -0.4 is 5.32 Å². The van der Waals surface area contributed by atoms with Gasteiger partial charge in [0.2, 0.25) is 11.8 Å². The number of hydrogen-bond acceptors (Lipinski definition) is 2. The van der Waals surface area contributed by atoms with E-state index in [1.54, 1.807) is 0 Å². The Balaban J connectivity index is 1.68. The van der Waals surface area contributed by atoms with E-state index in [0.717, 1.165) is 23.2 Å². The van der Waals surface area contributed by atoms with Crippen LogP contribution >= 0.6 is 0 Å². The lowest BCUT2D eigenvalue weighted by Gasteiger charge is -2.25. The molecule has 2 aromatic carbocycles. The summed E-state index contributed by atoms with van der Waals surface area (Å²) < 4.78 is 0. The number of aryl methyl sites for hydroxylation is 1.